The Kier molecular flexibility index (Phi) is 18.3. The quantitative estimate of drug-likeness (QED) is 0.0551. The van der Waals surface area contributed by atoms with Crippen LogP contribution in [0, 0.1) is 45.3 Å². The summed E-state index contributed by atoms with van der Waals surface area (Å²) in [6, 6.07) is 0. The highest BCUT2D eigenvalue weighted by Gasteiger charge is 2.66. The fourth-order valence-electron chi connectivity index (χ4n) is 16.6. The molecule has 0 amide bonds. The zero-order valence-electron chi connectivity index (χ0n) is 47.5. The lowest BCUT2D eigenvalue weighted by Gasteiger charge is -2.67. The van der Waals surface area contributed by atoms with Crippen molar-refractivity contribution in [2.75, 3.05) is 19.8 Å². The van der Waals surface area contributed by atoms with Gasteiger partial charge >= 0.3 is 5.97 Å². The van der Waals surface area contributed by atoms with Crippen molar-refractivity contribution in [3.05, 3.63) is 23.8 Å². The lowest BCUT2D eigenvalue weighted by atomic mass is 9.38. The number of aliphatic hydroxyl groups is 14. The summed E-state index contributed by atoms with van der Waals surface area (Å²) >= 11 is 0. The van der Waals surface area contributed by atoms with Crippen LogP contribution in [0.5, 0.6) is 0 Å². The normalized spacial score (nSPS) is 54.1. The Morgan fingerprint density at radius 1 is 0.610 bits per heavy atom. The first-order valence-electron chi connectivity index (χ1n) is 29.4. The van der Waals surface area contributed by atoms with Gasteiger partial charge in [0.1, 0.15) is 104 Å². The SMILES string of the molecule is C=C1CC[C@]2(C(=O)O[C@@H]3O[C@H](CO[C@@H]4O[C@H](CO)[C@@H](O[C@@H]5O[C@@H](C)[C@H](O)[C@@H](O)[C@H]5O)[C@H](O)[C@H]4O)[C@@H](O)[C@H](O)[C@H]3O)CC[C@]3(C)C(=CC[C@H]4[C@H]3CC[C@H]3C(C)(C)[C@@H](O[C@@H]5OC[C@H](O)[C@H](O)[C@H]5O[C@@H]5O[C@@H](C)[C@H](O)[C@@H](O)[C@H]5O)CC[C@]43C)[C@@H]2C1. The van der Waals surface area contributed by atoms with E-state index in [0.717, 1.165) is 31.3 Å². The molecule has 0 aromatic rings. The number of rotatable bonds is 12. The topological polar surface area (TPSA) is 393 Å². The number of aliphatic hydroxyl groups excluding tert-OH is 14. The average Bonchev–Trinajstić information content (AvgIpc) is 0.963. The Hall–Kier alpha value is -1.97. The molecule has 25 heteroatoms. The lowest BCUT2D eigenvalue weighted by molar-refractivity contribution is -0.364. The molecule has 32 atom stereocenters. The molecule has 5 heterocycles. The van der Waals surface area contributed by atoms with Gasteiger partial charge in [-0.15, -0.1) is 0 Å². The maximum Gasteiger partial charge on any atom is 0.315 e. The predicted octanol–water partition coefficient (Wildman–Crippen LogP) is -2.38. The fraction of sp³-hybridized carbons (Fsp3) is 0.912. The number of hydrogen-bond donors (Lipinski definition) is 14. The summed E-state index contributed by atoms with van der Waals surface area (Å²) in [6.07, 6.45) is -28.3. The highest BCUT2D eigenvalue weighted by molar-refractivity contribution is 5.79. The van der Waals surface area contributed by atoms with Gasteiger partial charge in [0.2, 0.25) is 6.29 Å². The van der Waals surface area contributed by atoms with E-state index in [-0.39, 0.29) is 47.2 Å². The van der Waals surface area contributed by atoms with Crippen molar-refractivity contribution < 1.29 is 124 Å². The molecule has 10 aliphatic rings. The lowest BCUT2D eigenvalue weighted by Crippen LogP contribution is -2.65. The van der Waals surface area contributed by atoms with Gasteiger partial charge < -0.3 is 119 Å². The monoisotopic (exact) mass is 1170 g/mol. The second kappa shape index (κ2) is 23.9. The summed E-state index contributed by atoms with van der Waals surface area (Å²) in [5, 5.41) is 150. The molecule has 0 unspecified atom stereocenters. The summed E-state index contributed by atoms with van der Waals surface area (Å²) in [5.74, 6) is -0.217. The maximum atomic E-state index is 15.0. The van der Waals surface area contributed by atoms with Crippen LogP contribution in [0.15, 0.2) is 23.8 Å². The molecular formula is C57H90O25. The molecule has 5 saturated heterocycles. The van der Waals surface area contributed by atoms with Gasteiger partial charge in [-0.1, -0.05) is 51.5 Å². The summed E-state index contributed by atoms with van der Waals surface area (Å²) in [6.45, 7) is 14.8. The van der Waals surface area contributed by atoms with Crippen LogP contribution in [0.4, 0.5) is 0 Å². The summed E-state index contributed by atoms with van der Waals surface area (Å²) in [5.41, 5.74) is 0.260. The first kappa shape index (κ1) is 63.1. The van der Waals surface area contributed by atoms with Gasteiger partial charge in [-0.05, 0) is 112 Å². The van der Waals surface area contributed by atoms with Crippen LogP contribution in [-0.4, -0.2) is 251 Å². The molecule has 14 N–H and O–H groups in total. The van der Waals surface area contributed by atoms with Crippen molar-refractivity contribution in [1.29, 1.82) is 0 Å². The largest absolute Gasteiger partial charge is 0.432 e. The number of ether oxygens (including phenoxy) is 10. The third-order valence-corrected chi connectivity index (χ3v) is 21.7. The number of esters is 1. The van der Waals surface area contributed by atoms with E-state index in [4.69, 9.17) is 47.4 Å². The van der Waals surface area contributed by atoms with Gasteiger partial charge in [-0.3, -0.25) is 4.79 Å². The minimum absolute atomic E-state index is 0.143. The second-order valence-electron chi connectivity index (χ2n) is 26.6. The molecular weight excluding hydrogens is 1080 g/mol. The third-order valence-electron chi connectivity index (χ3n) is 21.7. The van der Waals surface area contributed by atoms with Crippen LogP contribution >= 0.6 is 0 Å². The number of carbonyl (C=O) groups is 1. The van der Waals surface area contributed by atoms with Gasteiger partial charge in [-0.25, -0.2) is 0 Å². The summed E-state index contributed by atoms with van der Waals surface area (Å²) in [4.78, 5) is 15.0. The van der Waals surface area contributed by atoms with E-state index < -0.39 is 177 Å². The van der Waals surface area contributed by atoms with Crippen molar-refractivity contribution >= 4 is 5.97 Å². The van der Waals surface area contributed by atoms with E-state index in [1.54, 1.807) is 0 Å². The van der Waals surface area contributed by atoms with Gasteiger partial charge in [-0.2, -0.15) is 0 Å². The molecule has 0 spiro atoms. The average molecular weight is 1180 g/mol. The Bertz CT molecular complexity index is 2290. The van der Waals surface area contributed by atoms with Crippen LogP contribution in [0.3, 0.4) is 0 Å². The molecule has 0 aromatic heterocycles. The van der Waals surface area contributed by atoms with Crippen molar-refractivity contribution in [3.8, 4) is 0 Å². The Balaban J connectivity index is 0.803. The van der Waals surface area contributed by atoms with Crippen LogP contribution in [-0.2, 0) is 52.2 Å². The summed E-state index contributed by atoms with van der Waals surface area (Å²) in [7, 11) is 0. The zero-order chi connectivity index (χ0) is 59.4. The van der Waals surface area contributed by atoms with Crippen molar-refractivity contribution in [3.63, 3.8) is 0 Å². The van der Waals surface area contributed by atoms with E-state index in [9.17, 15) is 71.5 Å². The first-order valence-corrected chi connectivity index (χ1v) is 29.4. The molecule has 5 aliphatic carbocycles. The number of allylic oxidation sites excluding steroid dienone is 3. The van der Waals surface area contributed by atoms with Crippen LogP contribution in [0.1, 0.15) is 106 Å². The smallest absolute Gasteiger partial charge is 0.315 e. The molecule has 82 heavy (non-hydrogen) atoms. The molecule has 0 radical (unpaired) electrons. The maximum absolute atomic E-state index is 15.0. The number of hydrogen-bond acceptors (Lipinski definition) is 25. The molecule has 9 fully saturated rings. The first-order chi connectivity index (χ1) is 38.6. The molecule has 4 saturated carbocycles. The second-order valence-corrected chi connectivity index (χ2v) is 26.6. The molecule has 5 aliphatic heterocycles. The molecule has 0 bridgehead atoms. The van der Waals surface area contributed by atoms with E-state index in [1.165, 1.54) is 19.4 Å². The zero-order valence-corrected chi connectivity index (χ0v) is 47.5. The number of fused-ring (bicyclic) bond motifs is 7. The summed E-state index contributed by atoms with van der Waals surface area (Å²) < 4.78 is 59.3. The molecule has 10 rings (SSSR count). The number of carbonyl (C=O) groups excluding carboxylic acids is 1. The highest BCUT2D eigenvalue weighted by Crippen LogP contribution is 2.71. The standard InChI is InChI=1S/C57H90O25/c1-22-12-15-57(53(72)82-51-44(70)40(66)37(63)31(78-51)21-74-48-45(71)41(67)46(30(19-58)77-48)80-49-42(68)38(64)34(60)23(2)75-49)17-16-55(6)25-10-11-32-54(4,5)33(13-14-56(32,7)26(25)8-9-27(55)28(57)18-22)79-52-47(36(62)29(59)20-73-52)81-50-43(69)39(65)35(61)24(3)76-50/h9,23-26,28-52,58-71H,1,8,10-21H2,2-7H3/t23-,24-,25+,26-,28-,29-,30+,31+,32-,33-,34-,35-,36-,37+,38+,39+,40-,41+,42+,43+,44+,45+,46+,47+,48+,49-,50-,51-,52-,55-,56+,57-/m0/s1. The van der Waals surface area contributed by atoms with Crippen LogP contribution in [0.2, 0.25) is 0 Å². The van der Waals surface area contributed by atoms with Gasteiger partial charge in [0.25, 0.3) is 0 Å². The van der Waals surface area contributed by atoms with Crippen LogP contribution < -0.4 is 0 Å². The van der Waals surface area contributed by atoms with Crippen molar-refractivity contribution in [2.45, 2.75) is 259 Å². The van der Waals surface area contributed by atoms with E-state index in [0.29, 0.717) is 38.5 Å². The molecule has 0 aromatic carbocycles. The van der Waals surface area contributed by atoms with Gasteiger partial charge in [0.05, 0.1) is 43.5 Å². The molecule has 468 valence electrons. The third kappa shape index (κ3) is 10.8. The van der Waals surface area contributed by atoms with E-state index >= 15 is 4.79 Å². The fourth-order valence-corrected chi connectivity index (χ4v) is 16.6. The van der Waals surface area contributed by atoms with E-state index in [1.807, 2.05) is 0 Å². The van der Waals surface area contributed by atoms with Crippen molar-refractivity contribution in [1.82, 2.24) is 0 Å². The Morgan fingerprint density at radius 3 is 1.85 bits per heavy atom. The minimum atomic E-state index is -1.89. The van der Waals surface area contributed by atoms with Crippen LogP contribution in [0.25, 0.3) is 0 Å². The van der Waals surface area contributed by atoms with E-state index in [2.05, 4.69) is 40.3 Å². The van der Waals surface area contributed by atoms with Gasteiger partial charge in [0, 0.05) is 5.92 Å². The highest BCUT2D eigenvalue weighted by atomic mass is 16.8. The Morgan fingerprint density at radius 2 is 1.21 bits per heavy atom. The minimum Gasteiger partial charge on any atom is -0.432 e. The van der Waals surface area contributed by atoms with Crippen molar-refractivity contribution in [2.24, 2.45) is 45.3 Å². The van der Waals surface area contributed by atoms with Gasteiger partial charge in [0.15, 0.2) is 25.2 Å². The molecule has 25 nitrogen and oxygen atoms in total. The Labute approximate surface area is 476 Å². The predicted molar refractivity (Wildman–Crippen MR) is 277 cm³/mol.